The molecule has 0 saturated carbocycles. The van der Waals surface area contributed by atoms with Gasteiger partial charge in [0.15, 0.2) is 11.5 Å². The molecule has 1 aliphatic heterocycles. The Morgan fingerprint density at radius 1 is 1.28 bits per heavy atom. The van der Waals surface area contributed by atoms with Gasteiger partial charge >= 0.3 is 0 Å². The maximum atomic E-state index is 12.2. The lowest BCUT2D eigenvalue weighted by Crippen LogP contribution is -2.17. The van der Waals surface area contributed by atoms with Crippen LogP contribution in [0.15, 0.2) is 30.3 Å². The van der Waals surface area contributed by atoms with E-state index in [0.29, 0.717) is 35.3 Å². The first kappa shape index (κ1) is 16.8. The standard InChI is InChI=1S/C16H13ClN2O6/c17-11-5-9(6-14-16(11)25-4-3-24-14)7-15(21)18-12-8-10(19(22)23)1-2-13(12)20/h1-2,5-6,8,20H,3-4,7H2,(H,18,21). The number of amides is 1. The van der Waals surface area contributed by atoms with E-state index >= 15 is 0 Å². The zero-order chi connectivity index (χ0) is 18.0. The number of benzene rings is 2. The van der Waals surface area contributed by atoms with E-state index in [1.54, 1.807) is 12.1 Å². The van der Waals surface area contributed by atoms with Crippen molar-refractivity contribution in [1.82, 2.24) is 0 Å². The Kier molecular flexibility index (Phi) is 4.62. The Bertz CT molecular complexity index is 855. The molecule has 0 fully saturated rings. The van der Waals surface area contributed by atoms with Crippen molar-refractivity contribution in [3.05, 3.63) is 51.0 Å². The number of nitro benzene ring substituents is 1. The van der Waals surface area contributed by atoms with Gasteiger partial charge in [0.25, 0.3) is 5.69 Å². The summed E-state index contributed by atoms with van der Waals surface area (Å²) < 4.78 is 10.9. The molecule has 2 N–H and O–H groups in total. The van der Waals surface area contributed by atoms with E-state index in [0.717, 1.165) is 18.2 Å². The highest BCUT2D eigenvalue weighted by molar-refractivity contribution is 6.32. The monoisotopic (exact) mass is 364 g/mol. The number of aromatic hydroxyl groups is 1. The van der Waals surface area contributed by atoms with Crippen LogP contribution in [0.3, 0.4) is 0 Å². The Labute approximate surface area is 147 Å². The van der Waals surface area contributed by atoms with Crippen LogP contribution in [-0.2, 0) is 11.2 Å². The topological polar surface area (TPSA) is 111 Å². The number of carbonyl (C=O) groups is 1. The van der Waals surface area contributed by atoms with E-state index in [1.165, 1.54) is 0 Å². The van der Waals surface area contributed by atoms with Crippen molar-refractivity contribution in [2.75, 3.05) is 18.5 Å². The number of nitrogens with one attached hydrogen (secondary N) is 1. The summed E-state index contributed by atoms with van der Waals surface area (Å²) in [7, 11) is 0. The second kappa shape index (κ2) is 6.86. The molecular weight excluding hydrogens is 352 g/mol. The van der Waals surface area contributed by atoms with Crippen molar-refractivity contribution in [2.45, 2.75) is 6.42 Å². The van der Waals surface area contributed by atoms with Crippen LogP contribution in [0, 0.1) is 10.1 Å². The maximum Gasteiger partial charge on any atom is 0.271 e. The number of ether oxygens (including phenoxy) is 2. The first-order chi connectivity index (χ1) is 11.9. The SMILES string of the molecule is O=C(Cc1cc(Cl)c2c(c1)OCCO2)Nc1cc([N+](=O)[O-])ccc1O. The molecule has 0 saturated heterocycles. The number of carbonyl (C=O) groups excluding carboxylic acids is 1. The molecule has 0 aromatic heterocycles. The quantitative estimate of drug-likeness (QED) is 0.490. The van der Waals surface area contributed by atoms with Crippen LogP contribution in [0.25, 0.3) is 0 Å². The van der Waals surface area contributed by atoms with Gasteiger partial charge in [-0.1, -0.05) is 11.6 Å². The van der Waals surface area contributed by atoms with Crippen molar-refractivity contribution in [3.63, 3.8) is 0 Å². The predicted octanol–water partition coefficient (Wildman–Crippen LogP) is 2.91. The number of non-ortho nitro benzene ring substituents is 1. The number of phenolic OH excluding ortho intramolecular Hbond substituents is 1. The highest BCUT2D eigenvalue weighted by Crippen LogP contribution is 2.38. The molecule has 1 amide bonds. The molecule has 0 unspecified atom stereocenters. The molecule has 2 aromatic carbocycles. The van der Waals surface area contributed by atoms with Gasteiger partial charge < -0.3 is 19.9 Å². The molecule has 0 aliphatic carbocycles. The molecule has 0 spiro atoms. The summed E-state index contributed by atoms with van der Waals surface area (Å²) in [6.07, 6.45) is -0.0571. The van der Waals surface area contributed by atoms with Gasteiger partial charge in [0.05, 0.1) is 22.1 Å². The van der Waals surface area contributed by atoms with E-state index in [1.807, 2.05) is 0 Å². The lowest BCUT2D eigenvalue weighted by atomic mass is 10.1. The third-order valence-corrected chi connectivity index (χ3v) is 3.77. The largest absolute Gasteiger partial charge is 0.506 e. The minimum Gasteiger partial charge on any atom is -0.506 e. The third-order valence-electron chi connectivity index (χ3n) is 3.49. The van der Waals surface area contributed by atoms with Crippen molar-refractivity contribution < 1.29 is 24.3 Å². The zero-order valence-electron chi connectivity index (χ0n) is 12.8. The molecule has 8 nitrogen and oxygen atoms in total. The fourth-order valence-electron chi connectivity index (χ4n) is 2.38. The minimum absolute atomic E-state index is 0.0390. The van der Waals surface area contributed by atoms with Gasteiger partial charge in [-0.25, -0.2) is 0 Å². The van der Waals surface area contributed by atoms with Crippen molar-refractivity contribution in [1.29, 1.82) is 0 Å². The van der Waals surface area contributed by atoms with Gasteiger partial charge in [0.2, 0.25) is 5.91 Å². The fraction of sp³-hybridized carbons (Fsp3) is 0.188. The first-order valence-electron chi connectivity index (χ1n) is 7.29. The summed E-state index contributed by atoms with van der Waals surface area (Å²) in [6, 6.07) is 6.61. The molecule has 2 aromatic rings. The Balaban J connectivity index is 1.76. The molecule has 0 bridgehead atoms. The van der Waals surface area contributed by atoms with Crippen LogP contribution in [0.4, 0.5) is 11.4 Å². The molecule has 25 heavy (non-hydrogen) atoms. The average Bonchev–Trinajstić information content (AvgIpc) is 2.56. The predicted molar refractivity (Wildman–Crippen MR) is 89.5 cm³/mol. The molecule has 3 rings (SSSR count). The Morgan fingerprint density at radius 3 is 2.80 bits per heavy atom. The number of nitro groups is 1. The zero-order valence-corrected chi connectivity index (χ0v) is 13.6. The molecule has 1 heterocycles. The van der Waals surface area contributed by atoms with Gasteiger partial charge in [0.1, 0.15) is 19.0 Å². The number of halogens is 1. The van der Waals surface area contributed by atoms with E-state index in [9.17, 15) is 20.0 Å². The first-order valence-corrected chi connectivity index (χ1v) is 7.67. The van der Waals surface area contributed by atoms with Crippen LogP contribution >= 0.6 is 11.6 Å². The van der Waals surface area contributed by atoms with Gasteiger partial charge in [-0.05, 0) is 23.8 Å². The Morgan fingerprint density at radius 2 is 2.04 bits per heavy atom. The van der Waals surface area contributed by atoms with Crippen LogP contribution in [0.1, 0.15) is 5.56 Å². The molecule has 1 aliphatic rings. The summed E-state index contributed by atoms with van der Waals surface area (Å²) >= 11 is 6.12. The highest BCUT2D eigenvalue weighted by Gasteiger charge is 2.18. The van der Waals surface area contributed by atoms with Gasteiger partial charge in [-0.2, -0.15) is 0 Å². The van der Waals surface area contributed by atoms with Crippen molar-refractivity contribution in [3.8, 4) is 17.2 Å². The summed E-state index contributed by atoms with van der Waals surface area (Å²) in [5.74, 6) is 0.163. The summed E-state index contributed by atoms with van der Waals surface area (Å²) in [5.41, 5.74) is 0.301. The highest BCUT2D eigenvalue weighted by atomic mass is 35.5. The lowest BCUT2D eigenvalue weighted by molar-refractivity contribution is -0.384. The summed E-state index contributed by atoms with van der Waals surface area (Å²) in [5, 5.41) is 23.3. The van der Waals surface area contributed by atoms with Crippen LogP contribution in [0.2, 0.25) is 5.02 Å². The van der Waals surface area contributed by atoms with Gasteiger partial charge in [0, 0.05) is 12.1 Å². The van der Waals surface area contributed by atoms with E-state index < -0.39 is 10.8 Å². The number of hydrogen-bond acceptors (Lipinski definition) is 6. The molecule has 9 heteroatoms. The second-order valence-corrected chi connectivity index (χ2v) is 5.69. The lowest BCUT2D eigenvalue weighted by Gasteiger charge is -2.20. The maximum absolute atomic E-state index is 12.2. The van der Waals surface area contributed by atoms with Crippen LogP contribution < -0.4 is 14.8 Å². The molecular formula is C16H13ClN2O6. The number of anilines is 1. The average molecular weight is 365 g/mol. The van der Waals surface area contributed by atoms with E-state index in [4.69, 9.17) is 21.1 Å². The number of phenols is 1. The smallest absolute Gasteiger partial charge is 0.271 e. The van der Waals surface area contributed by atoms with Gasteiger partial charge in [-0.15, -0.1) is 0 Å². The van der Waals surface area contributed by atoms with E-state index in [2.05, 4.69) is 5.32 Å². The van der Waals surface area contributed by atoms with Gasteiger partial charge in [-0.3, -0.25) is 14.9 Å². The van der Waals surface area contributed by atoms with Crippen molar-refractivity contribution >= 4 is 28.9 Å². The molecule has 0 radical (unpaired) electrons. The number of hydrogen-bond donors (Lipinski definition) is 2. The number of rotatable bonds is 4. The normalized spacial score (nSPS) is 12.5. The minimum atomic E-state index is -0.615. The fourth-order valence-corrected chi connectivity index (χ4v) is 2.67. The Hall–Kier alpha value is -3.00. The summed E-state index contributed by atoms with van der Waals surface area (Å²) in [6.45, 7) is 0.791. The number of nitrogens with zero attached hydrogens (tertiary/aromatic N) is 1. The van der Waals surface area contributed by atoms with Crippen molar-refractivity contribution in [2.24, 2.45) is 0 Å². The van der Waals surface area contributed by atoms with E-state index in [-0.39, 0.29) is 23.5 Å². The van der Waals surface area contributed by atoms with Crippen LogP contribution in [0.5, 0.6) is 17.2 Å². The van der Waals surface area contributed by atoms with Crippen LogP contribution in [-0.4, -0.2) is 29.2 Å². The number of fused-ring (bicyclic) bond motifs is 1. The molecule has 0 atom stereocenters. The summed E-state index contributed by atoms with van der Waals surface area (Å²) in [4.78, 5) is 22.4. The second-order valence-electron chi connectivity index (χ2n) is 5.29. The molecule has 130 valence electrons. The third kappa shape index (κ3) is 3.74.